The van der Waals surface area contributed by atoms with Crippen molar-refractivity contribution >= 4 is 11.8 Å². The van der Waals surface area contributed by atoms with Crippen molar-refractivity contribution in [2.45, 2.75) is 38.3 Å². The molecule has 3 heterocycles. The molecule has 28 heavy (non-hydrogen) atoms. The maximum atomic E-state index is 13.4. The number of halogens is 1. The number of aromatic nitrogens is 5. The van der Waals surface area contributed by atoms with E-state index in [-0.39, 0.29) is 12.1 Å². The van der Waals surface area contributed by atoms with Crippen molar-refractivity contribution in [2.24, 2.45) is 0 Å². The molecule has 144 valence electrons. The van der Waals surface area contributed by atoms with Gasteiger partial charge in [-0.15, -0.1) is 5.10 Å². The van der Waals surface area contributed by atoms with E-state index in [4.69, 9.17) is 0 Å². The zero-order valence-corrected chi connectivity index (χ0v) is 15.3. The Kier molecular flexibility index (Phi) is 4.96. The minimum absolute atomic E-state index is 0.270. The van der Waals surface area contributed by atoms with Gasteiger partial charge in [0.25, 0.3) is 5.56 Å². The lowest BCUT2D eigenvalue weighted by Gasteiger charge is -2.15. The Hall–Kier alpha value is -3.36. The van der Waals surface area contributed by atoms with E-state index in [9.17, 15) is 9.18 Å². The molecule has 1 fully saturated rings. The molecule has 4 rings (SSSR count). The van der Waals surface area contributed by atoms with Crippen LogP contribution in [-0.4, -0.2) is 36.8 Å². The van der Waals surface area contributed by atoms with Crippen LogP contribution < -0.4 is 16.2 Å². The quantitative estimate of drug-likeness (QED) is 0.700. The lowest BCUT2D eigenvalue weighted by molar-refractivity contribution is 0.599. The monoisotopic (exact) mass is 381 g/mol. The van der Waals surface area contributed by atoms with Gasteiger partial charge < -0.3 is 10.6 Å². The molecule has 0 amide bonds. The zero-order valence-electron chi connectivity index (χ0n) is 15.3. The summed E-state index contributed by atoms with van der Waals surface area (Å²) in [4.78, 5) is 20.5. The first-order chi connectivity index (χ1) is 13.6. The van der Waals surface area contributed by atoms with Gasteiger partial charge in [0.2, 0.25) is 5.95 Å². The number of anilines is 2. The number of aryl methyl sites for hydroxylation is 1. The summed E-state index contributed by atoms with van der Waals surface area (Å²) in [7, 11) is 0. The molecule has 2 N–H and O–H groups in total. The van der Waals surface area contributed by atoms with Crippen molar-refractivity contribution in [3.63, 3.8) is 0 Å². The first kappa shape index (κ1) is 18.0. The third-order valence-corrected chi connectivity index (χ3v) is 4.72. The van der Waals surface area contributed by atoms with Crippen molar-refractivity contribution < 1.29 is 4.39 Å². The van der Waals surface area contributed by atoms with Crippen molar-refractivity contribution in [2.75, 3.05) is 10.6 Å². The summed E-state index contributed by atoms with van der Waals surface area (Å²) >= 11 is 0. The molecule has 3 aromatic rings. The maximum Gasteiger partial charge on any atom is 0.291 e. The predicted molar refractivity (Wildman–Crippen MR) is 103 cm³/mol. The molecular weight excluding hydrogens is 361 g/mol. The normalized spacial score (nSPS) is 18.8. The van der Waals surface area contributed by atoms with Gasteiger partial charge in [-0.25, -0.2) is 14.4 Å². The zero-order chi connectivity index (χ0) is 19.5. The molecule has 0 radical (unpaired) electrons. The highest BCUT2D eigenvalue weighted by atomic mass is 19.1. The molecule has 1 saturated carbocycles. The van der Waals surface area contributed by atoms with Crippen molar-refractivity contribution in [1.29, 1.82) is 0 Å². The van der Waals surface area contributed by atoms with Crippen LogP contribution in [0.25, 0.3) is 5.69 Å². The van der Waals surface area contributed by atoms with E-state index in [0.717, 1.165) is 31.0 Å². The number of nitrogens with one attached hydrogen (secondary N) is 2. The Balaban J connectivity index is 1.37. The fourth-order valence-electron chi connectivity index (χ4n) is 3.32. The van der Waals surface area contributed by atoms with Crippen molar-refractivity contribution in [1.82, 2.24) is 24.7 Å². The van der Waals surface area contributed by atoms with Gasteiger partial charge in [0.15, 0.2) is 5.82 Å². The average Bonchev–Trinajstić information content (AvgIpc) is 3.13. The fourth-order valence-corrected chi connectivity index (χ4v) is 3.32. The predicted octanol–water partition coefficient (Wildman–Crippen LogP) is 2.31. The average molecular weight is 381 g/mol. The number of rotatable bonds is 5. The summed E-state index contributed by atoms with van der Waals surface area (Å²) in [5.41, 5.74) is 0.610. The highest BCUT2D eigenvalue weighted by Gasteiger charge is 2.25. The lowest BCUT2D eigenvalue weighted by Crippen LogP contribution is -2.22. The van der Waals surface area contributed by atoms with Crippen LogP contribution >= 0.6 is 0 Å². The fraction of sp³-hybridized carbons (Fsp3) is 0.316. The first-order valence-corrected chi connectivity index (χ1v) is 9.11. The molecule has 0 aliphatic heterocycles. The van der Waals surface area contributed by atoms with E-state index in [1.165, 1.54) is 16.8 Å². The van der Waals surface area contributed by atoms with Crippen LogP contribution in [0.2, 0.25) is 0 Å². The van der Waals surface area contributed by atoms with Gasteiger partial charge in [0.05, 0.1) is 23.8 Å². The number of hydrogen-bond donors (Lipinski definition) is 2. The Morgan fingerprint density at radius 2 is 1.89 bits per heavy atom. The van der Waals surface area contributed by atoms with Crippen LogP contribution in [0.5, 0.6) is 0 Å². The Morgan fingerprint density at radius 1 is 1.07 bits per heavy atom. The van der Waals surface area contributed by atoms with Crippen LogP contribution in [-0.2, 0) is 0 Å². The Labute approximate surface area is 160 Å². The molecule has 8 nitrogen and oxygen atoms in total. The van der Waals surface area contributed by atoms with E-state index in [1.54, 1.807) is 24.5 Å². The van der Waals surface area contributed by atoms with Gasteiger partial charge in [0.1, 0.15) is 5.82 Å². The maximum absolute atomic E-state index is 13.4. The topological polar surface area (TPSA) is 97.6 Å². The largest absolute Gasteiger partial charge is 0.367 e. The third-order valence-electron chi connectivity index (χ3n) is 4.72. The van der Waals surface area contributed by atoms with E-state index in [0.29, 0.717) is 17.5 Å². The minimum Gasteiger partial charge on any atom is -0.367 e. The summed E-state index contributed by atoms with van der Waals surface area (Å²) in [6, 6.07) is 6.71. The molecule has 0 aromatic carbocycles. The van der Waals surface area contributed by atoms with Gasteiger partial charge in [0, 0.05) is 18.3 Å². The first-order valence-electron chi connectivity index (χ1n) is 9.11. The summed E-state index contributed by atoms with van der Waals surface area (Å²) in [5, 5.41) is 14.8. The Bertz CT molecular complexity index is 1000. The van der Waals surface area contributed by atoms with Gasteiger partial charge in [-0.05, 0) is 50.5 Å². The molecule has 0 unspecified atom stereocenters. The van der Waals surface area contributed by atoms with Crippen molar-refractivity contribution in [3.8, 4) is 5.69 Å². The third kappa shape index (κ3) is 3.98. The summed E-state index contributed by atoms with van der Waals surface area (Å²) in [5.74, 6) is 0.466. The van der Waals surface area contributed by atoms with Gasteiger partial charge in [-0.2, -0.15) is 5.10 Å². The molecule has 2 atom stereocenters. The van der Waals surface area contributed by atoms with Crippen LogP contribution in [0.1, 0.15) is 25.0 Å². The SMILES string of the molecule is Cc1cnc(N[C@H]2CC[C@H](Nc3ccc(-n4cccc(F)c4=O)cn3)C2)nn1. The summed E-state index contributed by atoms with van der Waals surface area (Å²) in [6.07, 6.45) is 7.65. The molecule has 0 bridgehead atoms. The number of nitrogens with zero attached hydrogens (tertiary/aromatic N) is 5. The Morgan fingerprint density at radius 3 is 2.61 bits per heavy atom. The van der Waals surface area contributed by atoms with Gasteiger partial charge >= 0.3 is 0 Å². The summed E-state index contributed by atoms with van der Waals surface area (Å²) in [6.45, 7) is 1.85. The smallest absolute Gasteiger partial charge is 0.291 e. The molecule has 1 aliphatic rings. The van der Waals surface area contributed by atoms with Gasteiger partial charge in [-0.3, -0.25) is 9.36 Å². The number of pyridine rings is 2. The van der Waals surface area contributed by atoms with Crippen LogP contribution in [0.3, 0.4) is 0 Å². The highest BCUT2D eigenvalue weighted by Crippen LogP contribution is 2.24. The molecule has 1 aliphatic carbocycles. The molecular formula is C19H20FN7O. The van der Waals surface area contributed by atoms with E-state index < -0.39 is 11.4 Å². The van der Waals surface area contributed by atoms with E-state index >= 15 is 0 Å². The van der Waals surface area contributed by atoms with E-state index in [2.05, 4.69) is 30.8 Å². The second-order valence-corrected chi connectivity index (χ2v) is 6.85. The van der Waals surface area contributed by atoms with Crippen LogP contribution in [0.15, 0.2) is 47.7 Å². The molecule has 9 heteroatoms. The molecule has 3 aromatic heterocycles. The highest BCUT2D eigenvalue weighted by molar-refractivity contribution is 5.42. The lowest BCUT2D eigenvalue weighted by atomic mass is 10.2. The van der Waals surface area contributed by atoms with E-state index in [1.807, 2.05) is 6.92 Å². The standard InChI is InChI=1S/C19H20FN7O/c1-12-10-22-19(26-25-12)24-14-5-4-13(9-14)23-17-7-6-15(11-21-17)27-8-2-3-16(20)18(27)28/h2-3,6-8,10-11,13-14H,4-5,9H2,1H3,(H,21,23)(H,22,24,26)/t13-,14-/m0/s1. The summed E-state index contributed by atoms with van der Waals surface area (Å²) < 4.78 is 14.7. The molecule has 0 saturated heterocycles. The van der Waals surface area contributed by atoms with Gasteiger partial charge in [-0.1, -0.05) is 0 Å². The second kappa shape index (κ2) is 7.71. The number of hydrogen-bond acceptors (Lipinski definition) is 7. The minimum atomic E-state index is -0.790. The molecule has 0 spiro atoms. The van der Waals surface area contributed by atoms with Crippen molar-refractivity contribution in [3.05, 3.63) is 64.7 Å². The van der Waals surface area contributed by atoms with Crippen LogP contribution in [0, 0.1) is 12.7 Å². The van der Waals surface area contributed by atoms with Crippen LogP contribution in [0.4, 0.5) is 16.2 Å². The second-order valence-electron chi connectivity index (χ2n) is 6.85.